The molecule has 1 heterocycles. The van der Waals surface area contributed by atoms with E-state index in [-0.39, 0.29) is 0 Å². The van der Waals surface area contributed by atoms with Crippen LogP contribution in [0.2, 0.25) is 0 Å². The number of nitrogens with two attached hydrogens (primary N) is 1. The molecule has 0 aliphatic carbocycles. The van der Waals surface area contributed by atoms with Crippen molar-refractivity contribution in [2.45, 2.75) is 19.0 Å². The van der Waals surface area contributed by atoms with Gasteiger partial charge in [0.25, 0.3) is 0 Å². The van der Waals surface area contributed by atoms with Crippen LogP contribution in [0.5, 0.6) is 0 Å². The van der Waals surface area contributed by atoms with Crippen LogP contribution in [0.25, 0.3) is 0 Å². The summed E-state index contributed by atoms with van der Waals surface area (Å²) in [7, 11) is 2.13. The lowest BCUT2D eigenvalue weighted by molar-refractivity contribution is 0.226. The Bertz CT molecular complexity index is 439. The fourth-order valence-electron chi connectivity index (χ4n) is 2.26. The van der Waals surface area contributed by atoms with Gasteiger partial charge >= 0.3 is 0 Å². The average molecular weight is 244 g/mol. The molecule has 0 fully saturated rings. The number of hydrogen-bond acceptors (Lipinski definition) is 3. The van der Waals surface area contributed by atoms with Gasteiger partial charge < -0.3 is 10.2 Å². The van der Waals surface area contributed by atoms with E-state index in [4.69, 9.17) is 10.2 Å². The Labute approximate surface area is 108 Å². The lowest BCUT2D eigenvalue weighted by Gasteiger charge is -2.27. The lowest BCUT2D eigenvalue weighted by Crippen LogP contribution is -2.26. The van der Waals surface area contributed by atoms with Crippen molar-refractivity contribution < 1.29 is 4.42 Å². The molecule has 1 atom stereocenters. The second-order valence-corrected chi connectivity index (χ2v) is 4.55. The highest BCUT2D eigenvalue weighted by Crippen LogP contribution is 2.24. The van der Waals surface area contributed by atoms with Gasteiger partial charge in [-0.3, -0.25) is 4.90 Å². The van der Waals surface area contributed by atoms with Crippen LogP contribution in [0.4, 0.5) is 0 Å². The van der Waals surface area contributed by atoms with Crippen molar-refractivity contribution in [1.29, 1.82) is 0 Å². The molecule has 0 aliphatic rings. The first-order valence-electron chi connectivity index (χ1n) is 6.27. The summed E-state index contributed by atoms with van der Waals surface area (Å²) in [6.07, 6.45) is 4.46. The molecule has 0 amide bonds. The molecule has 1 unspecified atom stereocenters. The summed E-state index contributed by atoms with van der Waals surface area (Å²) in [6.45, 7) is 1.56. The number of rotatable bonds is 6. The van der Waals surface area contributed by atoms with E-state index in [2.05, 4.69) is 36.2 Å². The Morgan fingerprint density at radius 2 is 2.00 bits per heavy atom. The molecule has 2 N–H and O–H groups in total. The van der Waals surface area contributed by atoms with Gasteiger partial charge in [0, 0.05) is 18.2 Å². The molecule has 3 heteroatoms. The van der Waals surface area contributed by atoms with Gasteiger partial charge in [-0.05, 0) is 31.6 Å². The molecule has 3 nitrogen and oxygen atoms in total. The van der Waals surface area contributed by atoms with Gasteiger partial charge in [0.2, 0.25) is 0 Å². The minimum Gasteiger partial charge on any atom is -0.472 e. The number of nitrogens with zero attached hydrogens (tertiary/aromatic N) is 1. The van der Waals surface area contributed by atoms with Crippen LogP contribution in [0.1, 0.15) is 23.6 Å². The first-order valence-corrected chi connectivity index (χ1v) is 6.27. The van der Waals surface area contributed by atoms with Crippen LogP contribution < -0.4 is 5.73 Å². The molecule has 1 aromatic heterocycles. The van der Waals surface area contributed by atoms with Crippen LogP contribution in [0.3, 0.4) is 0 Å². The summed E-state index contributed by atoms with van der Waals surface area (Å²) >= 11 is 0. The van der Waals surface area contributed by atoms with Gasteiger partial charge in [0.15, 0.2) is 0 Å². The minimum atomic E-state index is 0.353. The summed E-state index contributed by atoms with van der Waals surface area (Å²) in [6, 6.07) is 12.9. The maximum Gasteiger partial charge on any atom is 0.0947 e. The maximum absolute atomic E-state index is 5.73. The number of furan rings is 1. The van der Waals surface area contributed by atoms with Crippen LogP contribution in [0.15, 0.2) is 53.3 Å². The third-order valence-corrected chi connectivity index (χ3v) is 3.17. The predicted octanol–water partition coefficient (Wildman–Crippen LogP) is 2.80. The van der Waals surface area contributed by atoms with Gasteiger partial charge in [0.1, 0.15) is 0 Å². The average Bonchev–Trinajstić information content (AvgIpc) is 2.89. The monoisotopic (exact) mass is 244 g/mol. The molecular formula is C15H20N2O. The molecule has 96 valence electrons. The summed E-state index contributed by atoms with van der Waals surface area (Å²) in [5, 5.41) is 0. The van der Waals surface area contributed by atoms with E-state index >= 15 is 0 Å². The van der Waals surface area contributed by atoms with Gasteiger partial charge in [-0.25, -0.2) is 0 Å². The summed E-state index contributed by atoms with van der Waals surface area (Å²) < 4.78 is 5.11. The summed E-state index contributed by atoms with van der Waals surface area (Å²) in [5.41, 5.74) is 8.24. The second-order valence-electron chi connectivity index (χ2n) is 4.55. The third kappa shape index (κ3) is 3.22. The van der Waals surface area contributed by atoms with Gasteiger partial charge in [-0.2, -0.15) is 0 Å². The number of hydrogen-bond donors (Lipinski definition) is 1. The summed E-state index contributed by atoms with van der Waals surface area (Å²) in [4.78, 5) is 2.31. The van der Waals surface area contributed by atoms with E-state index in [1.54, 1.807) is 12.5 Å². The SMILES string of the molecule is CN(Cc1ccoc1)C(CCN)c1ccccc1. The molecule has 2 aromatic rings. The molecule has 2 rings (SSSR count). The lowest BCUT2D eigenvalue weighted by atomic mass is 10.0. The molecule has 18 heavy (non-hydrogen) atoms. The zero-order valence-corrected chi connectivity index (χ0v) is 10.8. The maximum atomic E-state index is 5.73. The Morgan fingerprint density at radius 3 is 2.61 bits per heavy atom. The van der Waals surface area contributed by atoms with E-state index in [1.807, 2.05) is 12.1 Å². The smallest absolute Gasteiger partial charge is 0.0947 e. The molecule has 0 saturated carbocycles. The van der Waals surface area contributed by atoms with Crippen LogP contribution in [-0.2, 0) is 6.54 Å². The van der Waals surface area contributed by atoms with Crippen molar-refractivity contribution in [3.63, 3.8) is 0 Å². The Morgan fingerprint density at radius 1 is 1.22 bits per heavy atom. The molecule has 0 radical (unpaired) electrons. The molecule has 0 bridgehead atoms. The molecule has 0 aliphatic heterocycles. The topological polar surface area (TPSA) is 42.4 Å². The van der Waals surface area contributed by atoms with Crippen molar-refractivity contribution >= 4 is 0 Å². The zero-order chi connectivity index (χ0) is 12.8. The van der Waals surface area contributed by atoms with Gasteiger partial charge in [-0.15, -0.1) is 0 Å². The van der Waals surface area contributed by atoms with Gasteiger partial charge in [-0.1, -0.05) is 30.3 Å². The standard InChI is InChI=1S/C15H20N2O/c1-17(11-13-8-10-18-12-13)15(7-9-16)14-5-3-2-4-6-14/h2-6,8,10,12,15H,7,9,11,16H2,1H3. The van der Waals surface area contributed by atoms with Crippen molar-refractivity contribution in [1.82, 2.24) is 4.90 Å². The van der Waals surface area contributed by atoms with Crippen molar-refractivity contribution in [3.8, 4) is 0 Å². The quantitative estimate of drug-likeness (QED) is 0.849. The van der Waals surface area contributed by atoms with Crippen molar-refractivity contribution in [2.75, 3.05) is 13.6 Å². The highest BCUT2D eigenvalue weighted by atomic mass is 16.3. The highest BCUT2D eigenvalue weighted by Gasteiger charge is 2.16. The van der Waals surface area contributed by atoms with Crippen molar-refractivity contribution in [2.24, 2.45) is 5.73 Å². The highest BCUT2D eigenvalue weighted by molar-refractivity contribution is 5.19. The first kappa shape index (κ1) is 12.9. The largest absolute Gasteiger partial charge is 0.472 e. The van der Waals surface area contributed by atoms with E-state index in [0.717, 1.165) is 13.0 Å². The molecule has 0 spiro atoms. The third-order valence-electron chi connectivity index (χ3n) is 3.17. The minimum absolute atomic E-state index is 0.353. The molecule has 0 saturated heterocycles. The zero-order valence-electron chi connectivity index (χ0n) is 10.8. The second kappa shape index (κ2) is 6.38. The number of benzene rings is 1. The van der Waals surface area contributed by atoms with E-state index in [9.17, 15) is 0 Å². The fourth-order valence-corrected chi connectivity index (χ4v) is 2.26. The Kier molecular flexibility index (Phi) is 4.56. The van der Waals surface area contributed by atoms with Gasteiger partial charge in [0.05, 0.1) is 12.5 Å². The Hall–Kier alpha value is -1.58. The van der Waals surface area contributed by atoms with Crippen LogP contribution in [-0.4, -0.2) is 18.5 Å². The summed E-state index contributed by atoms with van der Waals surface area (Å²) in [5.74, 6) is 0. The van der Waals surface area contributed by atoms with Crippen LogP contribution >= 0.6 is 0 Å². The predicted molar refractivity (Wildman–Crippen MR) is 73.0 cm³/mol. The Balaban J connectivity index is 2.09. The van der Waals surface area contributed by atoms with Crippen molar-refractivity contribution in [3.05, 3.63) is 60.1 Å². The van der Waals surface area contributed by atoms with E-state index < -0.39 is 0 Å². The van der Waals surface area contributed by atoms with E-state index in [0.29, 0.717) is 12.6 Å². The van der Waals surface area contributed by atoms with E-state index in [1.165, 1.54) is 11.1 Å². The molecule has 1 aromatic carbocycles. The molecular weight excluding hydrogens is 224 g/mol. The van der Waals surface area contributed by atoms with Crippen LogP contribution in [0, 0.1) is 0 Å². The first-order chi connectivity index (χ1) is 8.81. The fraction of sp³-hybridized carbons (Fsp3) is 0.333. The normalized spacial score (nSPS) is 12.8.